The molecule has 1 fully saturated rings. The molecule has 2 amide bonds. The largest absolute Gasteiger partial charge is 0.316 e. The molecule has 2 rings (SSSR count). The molecule has 0 aliphatic carbocycles. The van der Waals surface area contributed by atoms with E-state index in [9.17, 15) is 9.59 Å². The van der Waals surface area contributed by atoms with Crippen LogP contribution in [0.4, 0.5) is 0 Å². The Balaban J connectivity index is 1.73. The van der Waals surface area contributed by atoms with Crippen molar-refractivity contribution in [2.45, 2.75) is 18.9 Å². The van der Waals surface area contributed by atoms with E-state index < -0.39 is 0 Å². The summed E-state index contributed by atoms with van der Waals surface area (Å²) < 4.78 is 0. The molecule has 1 aromatic carbocycles. The summed E-state index contributed by atoms with van der Waals surface area (Å²) in [7, 11) is 1.94. The zero-order valence-corrected chi connectivity index (χ0v) is 12.3. The number of carbonyl (C=O) groups excluding carboxylic acids is 2. The van der Waals surface area contributed by atoms with Crippen LogP contribution in [0, 0.1) is 0 Å². The van der Waals surface area contributed by atoms with Gasteiger partial charge in [-0.15, -0.1) is 0 Å². The Kier molecular flexibility index (Phi) is 5.71. The van der Waals surface area contributed by atoms with Crippen molar-refractivity contribution < 1.29 is 9.59 Å². The van der Waals surface area contributed by atoms with Crippen LogP contribution in [0.15, 0.2) is 30.3 Å². The lowest BCUT2D eigenvalue weighted by atomic mass is 10.1. The maximum atomic E-state index is 11.9. The van der Waals surface area contributed by atoms with Crippen molar-refractivity contribution in [2.75, 3.05) is 26.7 Å². The van der Waals surface area contributed by atoms with Crippen LogP contribution < -0.4 is 16.2 Å². The molecule has 1 aliphatic heterocycles. The van der Waals surface area contributed by atoms with E-state index >= 15 is 0 Å². The maximum Gasteiger partial charge on any atom is 0.269 e. The van der Waals surface area contributed by atoms with E-state index in [-0.39, 0.29) is 11.8 Å². The lowest BCUT2D eigenvalue weighted by Crippen LogP contribution is -2.50. The van der Waals surface area contributed by atoms with Gasteiger partial charge in [0.25, 0.3) is 11.8 Å². The van der Waals surface area contributed by atoms with Crippen LogP contribution in [-0.2, 0) is 4.79 Å². The molecule has 114 valence electrons. The van der Waals surface area contributed by atoms with Crippen LogP contribution in [0.25, 0.3) is 0 Å². The summed E-state index contributed by atoms with van der Waals surface area (Å²) >= 11 is 0. The number of rotatable bonds is 4. The van der Waals surface area contributed by atoms with Gasteiger partial charge in [-0.1, -0.05) is 18.2 Å². The Hall–Kier alpha value is -1.92. The minimum Gasteiger partial charge on any atom is -0.316 e. The highest BCUT2D eigenvalue weighted by molar-refractivity contribution is 5.95. The SMILES string of the molecule is CNC1CCCN(CC(=O)NNC(=O)c2ccccc2)C1. The Morgan fingerprint density at radius 1 is 1.24 bits per heavy atom. The predicted octanol–water partition coefficient (Wildman–Crippen LogP) is 0.131. The van der Waals surface area contributed by atoms with Crippen LogP contribution in [0.3, 0.4) is 0 Å². The van der Waals surface area contributed by atoms with Crippen molar-refractivity contribution in [1.82, 2.24) is 21.1 Å². The summed E-state index contributed by atoms with van der Waals surface area (Å²) in [4.78, 5) is 25.7. The lowest BCUT2D eigenvalue weighted by molar-refractivity contribution is -0.123. The molecule has 0 radical (unpaired) electrons. The van der Waals surface area contributed by atoms with Crippen molar-refractivity contribution >= 4 is 11.8 Å². The Bertz CT molecular complexity index is 478. The van der Waals surface area contributed by atoms with Crippen molar-refractivity contribution in [3.05, 3.63) is 35.9 Å². The number of hydrazine groups is 1. The Morgan fingerprint density at radius 2 is 2.00 bits per heavy atom. The van der Waals surface area contributed by atoms with E-state index in [1.807, 2.05) is 13.1 Å². The van der Waals surface area contributed by atoms with E-state index in [0.29, 0.717) is 18.2 Å². The second-order valence-corrected chi connectivity index (χ2v) is 5.23. The van der Waals surface area contributed by atoms with Crippen molar-refractivity contribution in [3.8, 4) is 0 Å². The first-order valence-corrected chi connectivity index (χ1v) is 7.23. The van der Waals surface area contributed by atoms with Gasteiger partial charge in [0, 0.05) is 18.2 Å². The molecule has 0 spiro atoms. The Labute approximate surface area is 124 Å². The third-order valence-corrected chi connectivity index (χ3v) is 3.63. The van der Waals surface area contributed by atoms with Gasteiger partial charge in [0.2, 0.25) is 0 Å². The molecule has 0 aromatic heterocycles. The number of amides is 2. The highest BCUT2D eigenvalue weighted by atomic mass is 16.2. The molecule has 6 heteroatoms. The molecule has 1 saturated heterocycles. The molecule has 1 atom stereocenters. The van der Waals surface area contributed by atoms with Gasteiger partial charge in [0.15, 0.2) is 0 Å². The van der Waals surface area contributed by atoms with Gasteiger partial charge in [-0.05, 0) is 38.6 Å². The van der Waals surface area contributed by atoms with Crippen molar-refractivity contribution in [2.24, 2.45) is 0 Å². The summed E-state index contributed by atoms with van der Waals surface area (Å²) in [6.07, 6.45) is 2.22. The average molecular weight is 290 g/mol. The quantitative estimate of drug-likeness (QED) is 0.689. The highest BCUT2D eigenvalue weighted by Gasteiger charge is 2.20. The fourth-order valence-electron chi connectivity index (χ4n) is 2.47. The average Bonchev–Trinajstić information content (AvgIpc) is 2.53. The second kappa shape index (κ2) is 7.75. The van der Waals surface area contributed by atoms with E-state index in [2.05, 4.69) is 21.1 Å². The van der Waals surface area contributed by atoms with Crippen LogP contribution in [0.5, 0.6) is 0 Å². The van der Waals surface area contributed by atoms with E-state index in [4.69, 9.17) is 0 Å². The van der Waals surface area contributed by atoms with Gasteiger partial charge in [-0.3, -0.25) is 25.3 Å². The summed E-state index contributed by atoms with van der Waals surface area (Å²) in [5.41, 5.74) is 5.41. The van der Waals surface area contributed by atoms with Crippen LogP contribution in [-0.4, -0.2) is 49.4 Å². The maximum absolute atomic E-state index is 11.9. The fourth-order valence-corrected chi connectivity index (χ4v) is 2.47. The number of benzene rings is 1. The van der Waals surface area contributed by atoms with E-state index in [0.717, 1.165) is 25.9 Å². The molecule has 0 bridgehead atoms. The minimum atomic E-state index is -0.310. The summed E-state index contributed by atoms with van der Waals surface area (Å²) in [5, 5.41) is 3.24. The number of carbonyl (C=O) groups is 2. The lowest BCUT2D eigenvalue weighted by Gasteiger charge is -2.31. The zero-order valence-electron chi connectivity index (χ0n) is 12.3. The molecule has 1 heterocycles. The molecule has 1 aliphatic rings. The molecule has 0 saturated carbocycles. The summed E-state index contributed by atoms with van der Waals surface area (Å²) in [5.74, 6) is -0.508. The topological polar surface area (TPSA) is 73.5 Å². The van der Waals surface area contributed by atoms with Gasteiger partial charge >= 0.3 is 0 Å². The molecule has 1 aromatic rings. The highest BCUT2D eigenvalue weighted by Crippen LogP contribution is 2.08. The van der Waals surface area contributed by atoms with Gasteiger partial charge in [0.05, 0.1) is 6.54 Å². The summed E-state index contributed by atoms with van der Waals surface area (Å²) in [6, 6.07) is 9.23. The molecule has 21 heavy (non-hydrogen) atoms. The normalized spacial score (nSPS) is 19.0. The van der Waals surface area contributed by atoms with Crippen LogP contribution in [0.1, 0.15) is 23.2 Å². The van der Waals surface area contributed by atoms with Gasteiger partial charge < -0.3 is 5.32 Å². The molecule has 1 unspecified atom stereocenters. The first kappa shape index (κ1) is 15.5. The van der Waals surface area contributed by atoms with E-state index in [1.54, 1.807) is 24.3 Å². The predicted molar refractivity (Wildman–Crippen MR) is 80.6 cm³/mol. The number of likely N-dealkylation sites (tertiary alicyclic amines) is 1. The number of hydrogen-bond acceptors (Lipinski definition) is 4. The molecular formula is C15H22N4O2. The monoisotopic (exact) mass is 290 g/mol. The third-order valence-electron chi connectivity index (χ3n) is 3.63. The number of nitrogens with one attached hydrogen (secondary N) is 3. The van der Waals surface area contributed by atoms with Gasteiger partial charge in [-0.2, -0.15) is 0 Å². The second-order valence-electron chi connectivity index (χ2n) is 5.23. The fraction of sp³-hybridized carbons (Fsp3) is 0.467. The zero-order chi connectivity index (χ0) is 15.1. The number of piperidine rings is 1. The summed E-state index contributed by atoms with van der Waals surface area (Å²) in [6.45, 7) is 2.07. The third kappa shape index (κ3) is 4.84. The Morgan fingerprint density at radius 3 is 2.71 bits per heavy atom. The van der Waals surface area contributed by atoms with Crippen LogP contribution >= 0.6 is 0 Å². The first-order valence-electron chi connectivity index (χ1n) is 7.23. The minimum absolute atomic E-state index is 0.198. The molecule has 3 N–H and O–H groups in total. The van der Waals surface area contributed by atoms with Gasteiger partial charge in [0.1, 0.15) is 0 Å². The van der Waals surface area contributed by atoms with E-state index in [1.165, 1.54) is 0 Å². The molecular weight excluding hydrogens is 268 g/mol. The van der Waals surface area contributed by atoms with Gasteiger partial charge in [-0.25, -0.2) is 0 Å². The van der Waals surface area contributed by atoms with Crippen molar-refractivity contribution in [3.63, 3.8) is 0 Å². The number of hydrogen-bond donors (Lipinski definition) is 3. The van der Waals surface area contributed by atoms with Crippen molar-refractivity contribution in [1.29, 1.82) is 0 Å². The first-order chi connectivity index (χ1) is 10.2. The number of likely N-dealkylation sites (N-methyl/N-ethyl adjacent to an activating group) is 1. The smallest absolute Gasteiger partial charge is 0.269 e. The standard InChI is InChI=1S/C15H22N4O2/c1-16-13-8-5-9-19(10-13)11-14(20)17-18-15(21)12-6-3-2-4-7-12/h2-4,6-7,13,16H,5,8-11H2,1H3,(H,17,20)(H,18,21). The number of nitrogens with zero attached hydrogens (tertiary/aromatic N) is 1. The molecule has 6 nitrogen and oxygen atoms in total. The van der Waals surface area contributed by atoms with Crippen LogP contribution in [0.2, 0.25) is 0 Å².